The molecule has 2 heterocycles. The zero-order chi connectivity index (χ0) is 14.5. The highest BCUT2D eigenvalue weighted by atomic mass is 15.3. The first-order valence-corrected chi connectivity index (χ1v) is 7.66. The van der Waals surface area contributed by atoms with E-state index in [1.807, 2.05) is 19.6 Å². The normalized spacial score (nSPS) is 19.6. The predicted octanol–water partition coefficient (Wildman–Crippen LogP) is 0.782. The summed E-state index contributed by atoms with van der Waals surface area (Å²) < 4.78 is 2.08. The van der Waals surface area contributed by atoms with Gasteiger partial charge in [0.1, 0.15) is 0 Å². The van der Waals surface area contributed by atoms with E-state index in [9.17, 15) is 0 Å². The number of hydrogen-bond donors (Lipinski definition) is 1. The number of rotatable bonds is 6. The fraction of sp³-hybridized carbons (Fsp3) is 0.800. The third kappa shape index (κ3) is 4.04. The molecular formula is C15H29N5. The molecule has 1 aliphatic heterocycles. The van der Waals surface area contributed by atoms with Crippen molar-refractivity contribution in [3.05, 3.63) is 18.2 Å². The zero-order valence-corrected chi connectivity index (χ0v) is 13.3. The molecule has 2 rings (SSSR count). The van der Waals surface area contributed by atoms with Crippen LogP contribution < -0.4 is 5.32 Å². The van der Waals surface area contributed by atoms with Crippen molar-refractivity contribution < 1.29 is 0 Å². The van der Waals surface area contributed by atoms with Gasteiger partial charge in [-0.25, -0.2) is 4.98 Å². The van der Waals surface area contributed by atoms with E-state index < -0.39 is 0 Å². The quantitative estimate of drug-likeness (QED) is 0.835. The monoisotopic (exact) mass is 279 g/mol. The Morgan fingerprint density at radius 1 is 1.20 bits per heavy atom. The fourth-order valence-corrected chi connectivity index (χ4v) is 2.84. The van der Waals surface area contributed by atoms with Crippen molar-refractivity contribution in [1.82, 2.24) is 24.7 Å². The Bertz CT molecular complexity index is 393. The van der Waals surface area contributed by atoms with Gasteiger partial charge >= 0.3 is 0 Å². The summed E-state index contributed by atoms with van der Waals surface area (Å²) in [6.07, 6.45) is 3.80. The van der Waals surface area contributed by atoms with Crippen molar-refractivity contribution in [2.24, 2.45) is 13.0 Å². The van der Waals surface area contributed by atoms with Gasteiger partial charge in [-0.15, -0.1) is 0 Å². The Balaban J connectivity index is 1.82. The largest absolute Gasteiger partial charge is 0.337 e. The summed E-state index contributed by atoms with van der Waals surface area (Å²) in [6.45, 7) is 11.3. The average Bonchev–Trinajstić information content (AvgIpc) is 2.81. The highest BCUT2D eigenvalue weighted by Gasteiger charge is 2.24. The van der Waals surface area contributed by atoms with Gasteiger partial charge in [0.15, 0.2) is 0 Å². The molecule has 5 heteroatoms. The smallest absolute Gasteiger partial charge is 0.0945 e. The van der Waals surface area contributed by atoms with Crippen LogP contribution in [-0.4, -0.2) is 65.2 Å². The molecule has 1 aliphatic rings. The maximum absolute atomic E-state index is 4.16. The standard InChI is InChI=1S/C15H29N5/c1-13(2)15(20-7-5-18(3)6-8-20)11-16-9-14-10-17-12-19(14)4/h10,12-13,15-16H,5-9,11H2,1-4H3. The summed E-state index contributed by atoms with van der Waals surface area (Å²) in [4.78, 5) is 9.21. The molecule has 20 heavy (non-hydrogen) atoms. The first-order valence-electron chi connectivity index (χ1n) is 7.66. The van der Waals surface area contributed by atoms with Crippen molar-refractivity contribution in [1.29, 1.82) is 0 Å². The van der Waals surface area contributed by atoms with E-state index >= 15 is 0 Å². The molecule has 1 atom stereocenters. The van der Waals surface area contributed by atoms with Crippen molar-refractivity contribution >= 4 is 0 Å². The van der Waals surface area contributed by atoms with Gasteiger partial charge in [-0.05, 0) is 13.0 Å². The Morgan fingerprint density at radius 2 is 1.90 bits per heavy atom. The van der Waals surface area contributed by atoms with Gasteiger partial charge in [-0.2, -0.15) is 0 Å². The minimum atomic E-state index is 0.622. The molecule has 1 saturated heterocycles. The average molecular weight is 279 g/mol. The number of imidazole rings is 1. The van der Waals surface area contributed by atoms with Crippen LogP contribution >= 0.6 is 0 Å². The molecule has 0 radical (unpaired) electrons. The highest BCUT2D eigenvalue weighted by molar-refractivity contribution is 4.97. The molecule has 1 fully saturated rings. The van der Waals surface area contributed by atoms with E-state index in [-0.39, 0.29) is 0 Å². The topological polar surface area (TPSA) is 36.3 Å². The number of aryl methyl sites for hydroxylation is 1. The number of aromatic nitrogens is 2. The molecular weight excluding hydrogens is 250 g/mol. The maximum Gasteiger partial charge on any atom is 0.0945 e. The van der Waals surface area contributed by atoms with Gasteiger partial charge in [-0.1, -0.05) is 13.8 Å². The molecule has 0 amide bonds. The van der Waals surface area contributed by atoms with Crippen molar-refractivity contribution in [3.8, 4) is 0 Å². The third-order valence-electron chi connectivity index (χ3n) is 4.35. The lowest BCUT2D eigenvalue weighted by molar-refractivity contribution is 0.0874. The minimum Gasteiger partial charge on any atom is -0.337 e. The first-order chi connectivity index (χ1) is 9.58. The fourth-order valence-electron chi connectivity index (χ4n) is 2.84. The lowest BCUT2D eigenvalue weighted by atomic mass is 10.0. The van der Waals surface area contributed by atoms with Crippen LogP contribution in [0.4, 0.5) is 0 Å². The van der Waals surface area contributed by atoms with Crippen LogP contribution in [0, 0.1) is 5.92 Å². The number of piperazine rings is 1. The molecule has 114 valence electrons. The molecule has 0 aliphatic carbocycles. The van der Waals surface area contributed by atoms with Crippen LogP contribution in [0.15, 0.2) is 12.5 Å². The summed E-state index contributed by atoms with van der Waals surface area (Å²) >= 11 is 0. The zero-order valence-electron chi connectivity index (χ0n) is 13.3. The van der Waals surface area contributed by atoms with Crippen LogP contribution in [0.3, 0.4) is 0 Å². The molecule has 1 N–H and O–H groups in total. The molecule has 5 nitrogen and oxygen atoms in total. The van der Waals surface area contributed by atoms with Crippen molar-refractivity contribution in [2.75, 3.05) is 39.8 Å². The number of likely N-dealkylation sites (N-methyl/N-ethyl adjacent to an activating group) is 1. The Morgan fingerprint density at radius 3 is 2.45 bits per heavy atom. The second kappa shape index (κ2) is 7.20. The van der Waals surface area contributed by atoms with Gasteiger partial charge in [0.2, 0.25) is 0 Å². The molecule has 1 aromatic rings. The summed E-state index contributed by atoms with van der Waals surface area (Å²) in [5, 5.41) is 3.60. The molecule has 0 bridgehead atoms. The van der Waals surface area contributed by atoms with Crippen LogP contribution in [0.2, 0.25) is 0 Å². The summed E-state index contributed by atoms with van der Waals surface area (Å²) in [7, 11) is 4.26. The van der Waals surface area contributed by atoms with E-state index in [1.165, 1.54) is 31.9 Å². The third-order valence-corrected chi connectivity index (χ3v) is 4.35. The van der Waals surface area contributed by atoms with E-state index in [2.05, 4.69) is 45.6 Å². The van der Waals surface area contributed by atoms with Crippen LogP contribution in [0.5, 0.6) is 0 Å². The van der Waals surface area contributed by atoms with Crippen molar-refractivity contribution in [2.45, 2.75) is 26.4 Å². The summed E-state index contributed by atoms with van der Waals surface area (Å²) in [5.74, 6) is 0.678. The molecule has 0 saturated carbocycles. The summed E-state index contributed by atoms with van der Waals surface area (Å²) in [5.41, 5.74) is 1.24. The predicted molar refractivity (Wildman–Crippen MR) is 82.6 cm³/mol. The van der Waals surface area contributed by atoms with Crippen molar-refractivity contribution in [3.63, 3.8) is 0 Å². The summed E-state index contributed by atoms with van der Waals surface area (Å²) in [6, 6.07) is 0.622. The Hall–Kier alpha value is -0.910. The Labute approximate surface area is 123 Å². The van der Waals surface area contributed by atoms with Gasteiger partial charge in [0.25, 0.3) is 0 Å². The number of nitrogens with one attached hydrogen (secondary N) is 1. The van der Waals surface area contributed by atoms with Gasteiger partial charge in [-0.3, -0.25) is 4.90 Å². The van der Waals surface area contributed by atoms with Crippen LogP contribution in [-0.2, 0) is 13.6 Å². The van der Waals surface area contributed by atoms with Crippen LogP contribution in [0.1, 0.15) is 19.5 Å². The highest BCUT2D eigenvalue weighted by Crippen LogP contribution is 2.13. The second-order valence-corrected chi connectivity index (χ2v) is 6.28. The minimum absolute atomic E-state index is 0.622. The molecule has 1 aromatic heterocycles. The van der Waals surface area contributed by atoms with E-state index in [0.717, 1.165) is 13.1 Å². The van der Waals surface area contributed by atoms with E-state index in [0.29, 0.717) is 12.0 Å². The van der Waals surface area contributed by atoms with Gasteiger partial charge < -0.3 is 14.8 Å². The molecule has 0 spiro atoms. The SMILES string of the molecule is CC(C)C(CNCc1cncn1C)N1CCN(C)CC1. The van der Waals surface area contributed by atoms with E-state index in [1.54, 1.807) is 0 Å². The Kier molecular flexibility index (Phi) is 5.57. The van der Waals surface area contributed by atoms with E-state index in [4.69, 9.17) is 0 Å². The second-order valence-electron chi connectivity index (χ2n) is 6.28. The molecule has 1 unspecified atom stereocenters. The molecule has 0 aromatic carbocycles. The van der Waals surface area contributed by atoms with Gasteiger partial charge in [0.05, 0.1) is 12.0 Å². The lowest BCUT2D eigenvalue weighted by Crippen LogP contribution is -2.53. The maximum atomic E-state index is 4.16. The van der Waals surface area contributed by atoms with Gasteiger partial charge in [0, 0.05) is 58.6 Å². The van der Waals surface area contributed by atoms with Crippen LogP contribution in [0.25, 0.3) is 0 Å². The lowest BCUT2D eigenvalue weighted by Gasteiger charge is -2.40. The first kappa shape index (κ1) is 15.5. The number of hydrogen-bond acceptors (Lipinski definition) is 4. The number of nitrogens with zero attached hydrogens (tertiary/aromatic N) is 4.